The first-order valence-electron chi connectivity index (χ1n) is 9.31. The van der Waals surface area contributed by atoms with Gasteiger partial charge in [-0.1, -0.05) is 12.5 Å². The van der Waals surface area contributed by atoms with Crippen LogP contribution in [0.5, 0.6) is 11.6 Å². The molecule has 1 aliphatic carbocycles. The number of carbonyl (C=O) groups excluding carboxylic acids is 1. The Hall–Kier alpha value is -2.40. The van der Waals surface area contributed by atoms with E-state index in [2.05, 4.69) is 26.8 Å². The first-order valence-corrected chi connectivity index (χ1v) is 9.31. The molecular formula is C21H24N2O3. The SMILES string of the molecule is COC(=O)c1ccc(Oc2ccc3c(c2)CCN(C2CCC2)CC3)nc1. The highest BCUT2D eigenvalue weighted by Gasteiger charge is 2.26. The van der Waals surface area contributed by atoms with E-state index in [1.165, 1.54) is 43.7 Å². The number of hydrogen-bond acceptors (Lipinski definition) is 5. The first kappa shape index (κ1) is 17.0. The molecule has 0 bridgehead atoms. The molecule has 0 saturated heterocycles. The van der Waals surface area contributed by atoms with Crippen LogP contribution in [-0.4, -0.2) is 42.1 Å². The van der Waals surface area contributed by atoms with Crippen LogP contribution in [0, 0.1) is 0 Å². The second kappa shape index (κ2) is 7.46. The van der Waals surface area contributed by atoms with Crippen molar-refractivity contribution in [3.05, 3.63) is 53.2 Å². The fourth-order valence-electron chi connectivity index (χ4n) is 3.70. The van der Waals surface area contributed by atoms with Gasteiger partial charge in [0.25, 0.3) is 0 Å². The highest BCUT2D eigenvalue weighted by atomic mass is 16.5. The lowest BCUT2D eigenvalue weighted by atomic mass is 9.91. The summed E-state index contributed by atoms with van der Waals surface area (Å²) in [6.07, 6.45) is 7.75. The molecule has 136 valence electrons. The minimum Gasteiger partial charge on any atom is -0.465 e. The van der Waals surface area contributed by atoms with Crippen molar-refractivity contribution in [2.45, 2.75) is 38.1 Å². The van der Waals surface area contributed by atoms with Crippen LogP contribution in [0.3, 0.4) is 0 Å². The Morgan fingerprint density at radius 3 is 2.58 bits per heavy atom. The van der Waals surface area contributed by atoms with Gasteiger partial charge >= 0.3 is 5.97 Å². The number of aromatic nitrogens is 1. The Morgan fingerprint density at radius 1 is 1.12 bits per heavy atom. The van der Waals surface area contributed by atoms with Crippen LogP contribution < -0.4 is 4.74 Å². The summed E-state index contributed by atoms with van der Waals surface area (Å²) in [6.45, 7) is 2.29. The van der Waals surface area contributed by atoms with E-state index in [1.807, 2.05) is 6.07 Å². The maximum absolute atomic E-state index is 11.5. The number of nitrogens with zero attached hydrogens (tertiary/aromatic N) is 2. The van der Waals surface area contributed by atoms with Crippen molar-refractivity contribution in [3.63, 3.8) is 0 Å². The van der Waals surface area contributed by atoms with E-state index in [1.54, 1.807) is 12.1 Å². The Morgan fingerprint density at radius 2 is 1.92 bits per heavy atom. The van der Waals surface area contributed by atoms with Crippen molar-refractivity contribution in [2.75, 3.05) is 20.2 Å². The second-order valence-electron chi connectivity index (χ2n) is 7.03. The predicted octanol–water partition coefficient (Wildman–Crippen LogP) is 3.61. The summed E-state index contributed by atoms with van der Waals surface area (Å²) in [4.78, 5) is 18.3. The Balaban J connectivity index is 1.44. The first-order chi connectivity index (χ1) is 12.7. The quantitative estimate of drug-likeness (QED) is 0.787. The number of hydrogen-bond donors (Lipinski definition) is 0. The smallest absolute Gasteiger partial charge is 0.339 e. The van der Waals surface area contributed by atoms with E-state index in [4.69, 9.17) is 4.74 Å². The van der Waals surface area contributed by atoms with Crippen LogP contribution in [0.1, 0.15) is 40.7 Å². The van der Waals surface area contributed by atoms with Crippen molar-refractivity contribution >= 4 is 5.97 Å². The summed E-state index contributed by atoms with van der Waals surface area (Å²) in [7, 11) is 1.36. The van der Waals surface area contributed by atoms with Gasteiger partial charge in [0.2, 0.25) is 5.88 Å². The van der Waals surface area contributed by atoms with Crippen LogP contribution in [-0.2, 0) is 17.6 Å². The average molecular weight is 352 g/mol. The molecule has 2 heterocycles. The topological polar surface area (TPSA) is 51.7 Å². The number of carbonyl (C=O) groups is 1. The van der Waals surface area contributed by atoms with Crippen LogP contribution in [0.15, 0.2) is 36.5 Å². The molecule has 1 saturated carbocycles. The molecule has 0 spiro atoms. The lowest BCUT2D eigenvalue weighted by molar-refractivity contribution is 0.0600. The van der Waals surface area contributed by atoms with Crippen LogP contribution in [0.25, 0.3) is 0 Å². The summed E-state index contributed by atoms with van der Waals surface area (Å²) >= 11 is 0. The molecule has 4 rings (SSSR count). The normalized spacial score (nSPS) is 17.7. The highest BCUT2D eigenvalue weighted by molar-refractivity contribution is 5.88. The van der Waals surface area contributed by atoms with Gasteiger partial charge in [0.1, 0.15) is 5.75 Å². The van der Waals surface area contributed by atoms with Crippen molar-refractivity contribution in [2.24, 2.45) is 0 Å². The lowest BCUT2D eigenvalue weighted by Gasteiger charge is -2.36. The molecule has 0 atom stereocenters. The molecule has 1 fully saturated rings. The summed E-state index contributed by atoms with van der Waals surface area (Å²) in [5, 5.41) is 0. The summed E-state index contributed by atoms with van der Waals surface area (Å²) in [6, 6.07) is 10.5. The van der Waals surface area contributed by atoms with Crippen LogP contribution in [0.4, 0.5) is 0 Å². The molecule has 5 heteroatoms. The Kier molecular flexibility index (Phi) is 4.89. The van der Waals surface area contributed by atoms with Gasteiger partial charge in [-0.25, -0.2) is 9.78 Å². The average Bonchev–Trinajstić information content (AvgIpc) is 2.83. The molecule has 1 aromatic carbocycles. The molecule has 0 unspecified atom stereocenters. The number of benzene rings is 1. The minimum atomic E-state index is -0.398. The Bertz CT molecular complexity index is 784. The number of esters is 1. The molecule has 0 radical (unpaired) electrons. The standard InChI is InChI=1S/C21H24N2O3/c1-25-21(24)17-6-8-20(22-14-17)26-19-7-5-15-9-11-23(18-3-2-4-18)12-10-16(15)13-19/h5-8,13-14,18H,2-4,9-12H2,1H3. The van der Waals surface area contributed by atoms with Gasteiger partial charge in [-0.2, -0.15) is 0 Å². The van der Waals surface area contributed by atoms with Crippen molar-refractivity contribution in [3.8, 4) is 11.6 Å². The van der Waals surface area contributed by atoms with Gasteiger partial charge in [-0.15, -0.1) is 0 Å². The van der Waals surface area contributed by atoms with E-state index in [0.29, 0.717) is 11.4 Å². The summed E-state index contributed by atoms with van der Waals surface area (Å²) in [5.74, 6) is 0.867. The Labute approximate surface area is 153 Å². The number of rotatable bonds is 4. The van der Waals surface area contributed by atoms with E-state index in [9.17, 15) is 4.79 Å². The van der Waals surface area contributed by atoms with Gasteiger partial charge < -0.3 is 9.47 Å². The van der Waals surface area contributed by atoms with Gasteiger partial charge in [0.05, 0.1) is 12.7 Å². The van der Waals surface area contributed by atoms with E-state index < -0.39 is 5.97 Å². The lowest BCUT2D eigenvalue weighted by Crippen LogP contribution is -2.41. The molecule has 2 aromatic rings. The van der Waals surface area contributed by atoms with Crippen molar-refractivity contribution in [1.29, 1.82) is 0 Å². The van der Waals surface area contributed by atoms with E-state index in [0.717, 1.165) is 37.7 Å². The minimum absolute atomic E-state index is 0.398. The largest absolute Gasteiger partial charge is 0.465 e. The highest BCUT2D eigenvalue weighted by Crippen LogP contribution is 2.29. The molecule has 1 aliphatic heterocycles. The number of pyridine rings is 1. The zero-order valence-corrected chi connectivity index (χ0v) is 15.1. The maximum Gasteiger partial charge on any atom is 0.339 e. The summed E-state index contributed by atoms with van der Waals surface area (Å²) in [5.41, 5.74) is 3.21. The van der Waals surface area contributed by atoms with Gasteiger partial charge in [0.15, 0.2) is 0 Å². The zero-order chi connectivity index (χ0) is 17.9. The van der Waals surface area contributed by atoms with Gasteiger partial charge in [-0.05, 0) is 55.0 Å². The monoisotopic (exact) mass is 352 g/mol. The zero-order valence-electron chi connectivity index (χ0n) is 15.1. The molecular weight excluding hydrogens is 328 g/mol. The van der Waals surface area contributed by atoms with Crippen LogP contribution in [0.2, 0.25) is 0 Å². The number of ether oxygens (including phenoxy) is 2. The molecule has 26 heavy (non-hydrogen) atoms. The molecule has 0 amide bonds. The van der Waals surface area contributed by atoms with Crippen LogP contribution >= 0.6 is 0 Å². The van der Waals surface area contributed by atoms with Crippen molar-refractivity contribution < 1.29 is 14.3 Å². The van der Waals surface area contributed by atoms with E-state index >= 15 is 0 Å². The summed E-state index contributed by atoms with van der Waals surface area (Å²) < 4.78 is 10.6. The third-order valence-corrected chi connectivity index (χ3v) is 5.49. The van der Waals surface area contributed by atoms with Gasteiger partial charge in [-0.3, -0.25) is 4.90 Å². The number of fused-ring (bicyclic) bond motifs is 1. The molecule has 0 N–H and O–H groups in total. The maximum atomic E-state index is 11.5. The van der Waals surface area contributed by atoms with Gasteiger partial charge in [0, 0.05) is 31.4 Å². The number of methoxy groups -OCH3 is 1. The molecule has 1 aromatic heterocycles. The molecule has 5 nitrogen and oxygen atoms in total. The third kappa shape index (κ3) is 3.58. The van der Waals surface area contributed by atoms with Crippen molar-refractivity contribution in [1.82, 2.24) is 9.88 Å². The fourth-order valence-corrected chi connectivity index (χ4v) is 3.70. The molecule has 2 aliphatic rings. The van der Waals surface area contributed by atoms with E-state index in [-0.39, 0.29) is 0 Å². The fraction of sp³-hybridized carbons (Fsp3) is 0.429. The second-order valence-corrected chi connectivity index (χ2v) is 7.03. The third-order valence-electron chi connectivity index (χ3n) is 5.49. The predicted molar refractivity (Wildman–Crippen MR) is 98.7 cm³/mol.